The van der Waals surface area contributed by atoms with Gasteiger partial charge in [0.05, 0.1) is 6.10 Å². The van der Waals surface area contributed by atoms with Gasteiger partial charge in [-0.05, 0) is 26.7 Å². The molecule has 0 spiro atoms. The number of carbonyl (C=O) groups is 1. The molecule has 12 heavy (non-hydrogen) atoms. The van der Waals surface area contributed by atoms with E-state index >= 15 is 0 Å². The van der Waals surface area contributed by atoms with Gasteiger partial charge in [-0.3, -0.25) is 4.79 Å². The average molecular weight is 172 g/mol. The summed E-state index contributed by atoms with van der Waals surface area (Å²) < 4.78 is 5.15. The SMILES string of the molecule is CC(=O)C(C)C.CC1CCCO1. The summed E-state index contributed by atoms with van der Waals surface area (Å²) in [7, 11) is 0. The molecule has 72 valence electrons. The maximum absolute atomic E-state index is 10.1. The van der Waals surface area contributed by atoms with E-state index in [1.165, 1.54) is 12.8 Å². The van der Waals surface area contributed by atoms with Crippen molar-refractivity contribution in [3.8, 4) is 0 Å². The van der Waals surface area contributed by atoms with E-state index in [4.69, 9.17) is 4.74 Å². The van der Waals surface area contributed by atoms with Crippen LogP contribution in [-0.2, 0) is 9.53 Å². The normalized spacial score (nSPS) is 21.9. The molecule has 1 heterocycles. The van der Waals surface area contributed by atoms with E-state index in [1.54, 1.807) is 6.92 Å². The zero-order chi connectivity index (χ0) is 9.56. The van der Waals surface area contributed by atoms with Gasteiger partial charge < -0.3 is 4.74 Å². The molecule has 1 unspecified atom stereocenters. The summed E-state index contributed by atoms with van der Waals surface area (Å²) in [6.45, 7) is 8.49. The molecular formula is C10H20O2. The van der Waals surface area contributed by atoms with Crippen LogP contribution in [0.4, 0.5) is 0 Å². The molecule has 1 saturated heterocycles. The lowest BCUT2D eigenvalue weighted by Crippen LogP contribution is -1.98. The molecule has 0 aromatic carbocycles. The fourth-order valence-electron chi connectivity index (χ4n) is 0.739. The number of carbonyl (C=O) groups excluding carboxylic acids is 1. The van der Waals surface area contributed by atoms with Crippen molar-refractivity contribution in [2.45, 2.75) is 46.6 Å². The van der Waals surface area contributed by atoms with Crippen molar-refractivity contribution >= 4 is 5.78 Å². The maximum Gasteiger partial charge on any atom is 0.132 e. The first kappa shape index (κ1) is 11.6. The topological polar surface area (TPSA) is 26.3 Å². The van der Waals surface area contributed by atoms with Gasteiger partial charge in [0, 0.05) is 12.5 Å². The summed E-state index contributed by atoms with van der Waals surface area (Å²) in [6, 6.07) is 0. The Morgan fingerprint density at radius 3 is 2.08 bits per heavy atom. The van der Waals surface area contributed by atoms with E-state index in [2.05, 4.69) is 6.92 Å². The Balaban J connectivity index is 0.000000202. The van der Waals surface area contributed by atoms with Crippen molar-refractivity contribution in [1.29, 1.82) is 0 Å². The molecule has 2 nitrogen and oxygen atoms in total. The number of ketones is 1. The fourth-order valence-corrected chi connectivity index (χ4v) is 0.739. The molecule has 1 atom stereocenters. The van der Waals surface area contributed by atoms with E-state index < -0.39 is 0 Å². The van der Waals surface area contributed by atoms with Crippen LogP contribution in [0.25, 0.3) is 0 Å². The Morgan fingerprint density at radius 2 is 2.00 bits per heavy atom. The molecule has 0 radical (unpaired) electrons. The number of hydrogen-bond donors (Lipinski definition) is 0. The van der Waals surface area contributed by atoms with Crippen LogP contribution in [0, 0.1) is 5.92 Å². The van der Waals surface area contributed by atoms with Gasteiger partial charge in [0.1, 0.15) is 5.78 Å². The van der Waals surface area contributed by atoms with E-state index in [0.29, 0.717) is 6.10 Å². The highest BCUT2D eigenvalue weighted by molar-refractivity contribution is 5.77. The van der Waals surface area contributed by atoms with Gasteiger partial charge in [-0.2, -0.15) is 0 Å². The summed E-state index contributed by atoms with van der Waals surface area (Å²) in [6.07, 6.45) is 3.08. The van der Waals surface area contributed by atoms with Crippen molar-refractivity contribution in [2.75, 3.05) is 6.61 Å². The van der Waals surface area contributed by atoms with E-state index in [9.17, 15) is 4.79 Å². The third-order valence-electron chi connectivity index (χ3n) is 1.97. The smallest absolute Gasteiger partial charge is 0.132 e. The second-order valence-corrected chi connectivity index (χ2v) is 3.59. The van der Waals surface area contributed by atoms with Crippen molar-refractivity contribution < 1.29 is 9.53 Å². The average Bonchev–Trinajstić information content (AvgIpc) is 2.40. The summed E-state index contributed by atoms with van der Waals surface area (Å²) in [5.74, 6) is 0.472. The van der Waals surface area contributed by atoms with Gasteiger partial charge in [-0.25, -0.2) is 0 Å². The fraction of sp³-hybridized carbons (Fsp3) is 0.900. The van der Waals surface area contributed by atoms with Crippen LogP contribution in [0.3, 0.4) is 0 Å². The van der Waals surface area contributed by atoms with Crippen LogP contribution >= 0.6 is 0 Å². The van der Waals surface area contributed by atoms with Gasteiger partial charge in [0.15, 0.2) is 0 Å². The molecule has 1 rings (SSSR count). The summed E-state index contributed by atoms with van der Waals surface area (Å²) in [5.41, 5.74) is 0. The third kappa shape index (κ3) is 6.35. The predicted octanol–water partition coefficient (Wildman–Crippen LogP) is 2.42. The maximum atomic E-state index is 10.1. The van der Waals surface area contributed by atoms with Crippen LogP contribution in [0.5, 0.6) is 0 Å². The molecule has 0 N–H and O–H groups in total. The summed E-state index contributed by atoms with van der Waals surface area (Å²) >= 11 is 0. The Bertz CT molecular complexity index is 124. The predicted molar refractivity (Wildman–Crippen MR) is 50.2 cm³/mol. The monoisotopic (exact) mass is 172 g/mol. The molecule has 1 fully saturated rings. The first-order valence-electron chi connectivity index (χ1n) is 4.66. The number of hydrogen-bond acceptors (Lipinski definition) is 2. The molecule has 0 bridgehead atoms. The van der Waals surface area contributed by atoms with Crippen LogP contribution in [0.1, 0.15) is 40.5 Å². The molecule has 0 saturated carbocycles. The summed E-state index contributed by atoms with van der Waals surface area (Å²) in [4.78, 5) is 10.1. The minimum Gasteiger partial charge on any atom is -0.379 e. The molecule has 1 aliphatic rings. The molecule has 0 aliphatic carbocycles. The van der Waals surface area contributed by atoms with Gasteiger partial charge in [-0.1, -0.05) is 13.8 Å². The minimum absolute atomic E-state index is 0.213. The molecule has 0 aromatic rings. The Kier molecular flexibility index (Phi) is 5.99. The third-order valence-corrected chi connectivity index (χ3v) is 1.97. The zero-order valence-electron chi connectivity index (χ0n) is 8.59. The van der Waals surface area contributed by atoms with Crippen LogP contribution < -0.4 is 0 Å². The van der Waals surface area contributed by atoms with Gasteiger partial charge in [0.2, 0.25) is 0 Å². The van der Waals surface area contributed by atoms with E-state index in [-0.39, 0.29) is 11.7 Å². The van der Waals surface area contributed by atoms with Crippen molar-refractivity contribution in [2.24, 2.45) is 5.92 Å². The molecule has 0 aromatic heterocycles. The van der Waals surface area contributed by atoms with Crippen LogP contribution in [0.2, 0.25) is 0 Å². The number of rotatable bonds is 1. The second-order valence-electron chi connectivity index (χ2n) is 3.59. The van der Waals surface area contributed by atoms with E-state index in [0.717, 1.165) is 6.61 Å². The highest BCUT2D eigenvalue weighted by Gasteiger charge is 2.07. The van der Waals surface area contributed by atoms with Gasteiger partial charge in [-0.15, -0.1) is 0 Å². The molecular weight excluding hydrogens is 152 g/mol. The lowest BCUT2D eigenvalue weighted by molar-refractivity contribution is -0.119. The van der Waals surface area contributed by atoms with Crippen molar-refractivity contribution in [3.05, 3.63) is 0 Å². The van der Waals surface area contributed by atoms with Gasteiger partial charge >= 0.3 is 0 Å². The first-order chi connectivity index (χ1) is 5.54. The van der Waals surface area contributed by atoms with Crippen LogP contribution in [0.15, 0.2) is 0 Å². The largest absolute Gasteiger partial charge is 0.379 e. The van der Waals surface area contributed by atoms with Crippen molar-refractivity contribution in [3.63, 3.8) is 0 Å². The standard InChI is InChI=1S/2C5H10O/c1-5-3-2-4-6-5;1-4(2)5(3)6/h5H,2-4H2,1H3;4H,1-3H3. The zero-order valence-corrected chi connectivity index (χ0v) is 8.59. The number of Topliss-reactive ketones (excluding diaryl/α,β-unsaturated/α-hetero) is 1. The van der Waals surface area contributed by atoms with Crippen molar-refractivity contribution in [1.82, 2.24) is 0 Å². The van der Waals surface area contributed by atoms with Crippen LogP contribution in [-0.4, -0.2) is 18.5 Å². The second kappa shape index (κ2) is 6.18. The molecule has 2 heteroatoms. The Labute approximate surface area is 75.3 Å². The first-order valence-corrected chi connectivity index (χ1v) is 4.66. The number of ether oxygens (including phenoxy) is 1. The van der Waals surface area contributed by atoms with E-state index in [1.807, 2.05) is 13.8 Å². The van der Waals surface area contributed by atoms with Gasteiger partial charge in [0.25, 0.3) is 0 Å². The molecule has 1 aliphatic heterocycles. The molecule has 0 amide bonds. The highest BCUT2D eigenvalue weighted by atomic mass is 16.5. The quantitative estimate of drug-likeness (QED) is 0.607. The lowest BCUT2D eigenvalue weighted by Gasteiger charge is -1.94. The Morgan fingerprint density at radius 1 is 1.50 bits per heavy atom. The lowest BCUT2D eigenvalue weighted by atomic mass is 10.1. The minimum atomic E-state index is 0.213. The highest BCUT2D eigenvalue weighted by Crippen LogP contribution is 2.09. The Hall–Kier alpha value is -0.370. The summed E-state index contributed by atoms with van der Waals surface area (Å²) in [5, 5.41) is 0.